The number of rotatable bonds is 5. The Morgan fingerprint density at radius 1 is 0.265 bits per heavy atom. The highest BCUT2D eigenvalue weighted by atomic mass is 14.4. The van der Waals surface area contributed by atoms with E-state index in [-0.39, 0.29) is 5.41 Å². The predicted octanol–water partition coefficient (Wildman–Crippen LogP) is 13.5. The van der Waals surface area contributed by atoms with Crippen LogP contribution in [-0.4, -0.2) is 0 Å². The van der Waals surface area contributed by atoms with Crippen molar-refractivity contribution in [3.63, 3.8) is 0 Å². The third kappa shape index (κ3) is 5.00. The van der Waals surface area contributed by atoms with Crippen molar-refractivity contribution in [2.24, 2.45) is 0 Å². The average Bonchev–Trinajstić information content (AvgIpc) is 3.40. The molecule has 0 unspecified atom stereocenters. The van der Waals surface area contributed by atoms with E-state index in [1.807, 2.05) is 0 Å². The van der Waals surface area contributed by atoms with Crippen molar-refractivity contribution < 1.29 is 0 Å². The van der Waals surface area contributed by atoms with Gasteiger partial charge in [-0.25, -0.2) is 0 Å². The lowest BCUT2D eigenvalue weighted by Gasteiger charge is -2.23. The molecular weight excluding hydrogens is 589 g/mol. The molecular formula is C49H36. The quantitative estimate of drug-likeness (QED) is 0.179. The largest absolute Gasteiger partial charge is 0.0622 e. The van der Waals surface area contributed by atoms with E-state index in [0.29, 0.717) is 0 Å². The Morgan fingerprint density at radius 2 is 0.673 bits per heavy atom. The molecule has 9 rings (SSSR count). The molecule has 0 N–H and O–H groups in total. The fourth-order valence-corrected chi connectivity index (χ4v) is 7.86. The third-order valence-corrected chi connectivity index (χ3v) is 10.5. The molecule has 0 aromatic heterocycles. The van der Waals surface area contributed by atoms with E-state index in [0.717, 1.165) is 0 Å². The van der Waals surface area contributed by atoms with E-state index >= 15 is 0 Å². The number of hydrogen-bond acceptors (Lipinski definition) is 0. The summed E-state index contributed by atoms with van der Waals surface area (Å²) < 4.78 is 0. The van der Waals surface area contributed by atoms with Crippen LogP contribution in [0.1, 0.15) is 25.0 Å². The van der Waals surface area contributed by atoms with Gasteiger partial charge in [0, 0.05) is 5.41 Å². The van der Waals surface area contributed by atoms with Crippen molar-refractivity contribution in [2.45, 2.75) is 19.3 Å². The highest BCUT2D eigenvalue weighted by molar-refractivity contribution is 5.93. The molecule has 0 atom stereocenters. The molecule has 0 amide bonds. The first-order chi connectivity index (χ1) is 24.0. The molecule has 0 saturated heterocycles. The maximum absolute atomic E-state index is 2.42. The molecule has 0 aliphatic heterocycles. The minimum absolute atomic E-state index is 0.0987. The van der Waals surface area contributed by atoms with Crippen LogP contribution in [0.15, 0.2) is 182 Å². The van der Waals surface area contributed by atoms with Crippen LogP contribution < -0.4 is 0 Å². The third-order valence-electron chi connectivity index (χ3n) is 10.5. The first kappa shape index (κ1) is 29.2. The molecule has 0 nitrogen and oxygen atoms in total. The van der Waals surface area contributed by atoms with Crippen molar-refractivity contribution in [1.29, 1.82) is 0 Å². The highest BCUT2D eigenvalue weighted by Crippen LogP contribution is 2.51. The van der Waals surface area contributed by atoms with E-state index in [1.54, 1.807) is 0 Å². The van der Waals surface area contributed by atoms with Crippen LogP contribution in [0.25, 0.3) is 77.5 Å². The molecule has 8 aromatic rings. The highest BCUT2D eigenvalue weighted by Gasteiger charge is 2.35. The Bertz CT molecular complexity index is 2500. The van der Waals surface area contributed by atoms with Gasteiger partial charge in [0.25, 0.3) is 0 Å². The second-order valence-electron chi connectivity index (χ2n) is 13.7. The Balaban J connectivity index is 1.04. The summed E-state index contributed by atoms with van der Waals surface area (Å²) in [5, 5.41) is 2.55. The molecule has 49 heavy (non-hydrogen) atoms. The van der Waals surface area contributed by atoms with Crippen molar-refractivity contribution >= 4 is 10.8 Å². The van der Waals surface area contributed by atoms with Gasteiger partial charge in [-0.3, -0.25) is 0 Å². The Morgan fingerprint density at radius 3 is 1.29 bits per heavy atom. The summed E-state index contributed by atoms with van der Waals surface area (Å²) in [5.41, 5.74) is 17.8. The summed E-state index contributed by atoms with van der Waals surface area (Å²) in [5.74, 6) is 0. The summed E-state index contributed by atoms with van der Waals surface area (Å²) in [7, 11) is 0. The predicted molar refractivity (Wildman–Crippen MR) is 209 cm³/mol. The molecule has 0 saturated carbocycles. The van der Waals surface area contributed by atoms with Gasteiger partial charge in [-0.05, 0) is 107 Å². The minimum atomic E-state index is -0.0987. The maximum atomic E-state index is 2.42. The molecule has 0 fully saturated rings. The molecule has 0 bridgehead atoms. The monoisotopic (exact) mass is 624 g/mol. The van der Waals surface area contributed by atoms with Gasteiger partial charge in [0.05, 0.1) is 0 Å². The van der Waals surface area contributed by atoms with E-state index in [9.17, 15) is 0 Å². The van der Waals surface area contributed by atoms with Crippen molar-refractivity contribution in [1.82, 2.24) is 0 Å². The fourth-order valence-electron chi connectivity index (χ4n) is 7.86. The van der Waals surface area contributed by atoms with Gasteiger partial charge in [-0.2, -0.15) is 0 Å². The van der Waals surface area contributed by atoms with Crippen LogP contribution in [0.2, 0.25) is 0 Å². The van der Waals surface area contributed by atoms with Crippen LogP contribution in [0.5, 0.6) is 0 Å². The molecule has 1 aliphatic rings. The van der Waals surface area contributed by atoms with E-state index in [4.69, 9.17) is 0 Å². The lowest BCUT2D eigenvalue weighted by atomic mass is 9.80. The van der Waals surface area contributed by atoms with Gasteiger partial charge in [0.15, 0.2) is 0 Å². The molecule has 0 spiro atoms. The Hall–Kier alpha value is -5.98. The number of benzene rings is 8. The van der Waals surface area contributed by atoms with Crippen LogP contribution in [0, 0.1) is 0 Å². The van der Waals surface area contributed by atoms with Gasteiger partial charge in [0.2, 0.25) is 0 Å². The van der Waals surface area contributed by atoms with Gasteiger partial charge >= 0.3 is 0 Å². The van der Waals surface area contributed by atoms with Gasteiger partial charge in [0.1, 0.15) is 0 Å². The van der Waals surface area contributed by atoms with Gasteiger partial charge in [-0.1, -0.05) is 178 Å². The Kier molecular flexibility index (Phi) is 6.92. The lowest BCUT2D eigenvalue weighted by Crippen LogP contribution is -2.15. The molecule has 0 radical (unpaired) electrons. The van der Waals surface area contributed by atoms with Gasteiger partial charge in [-0.15, -0.1) is 0 Å². The fraction of sp³-hybridized carbons (Fsp3) is 0.0612. The summed E-state index contributed by atoms with van der Waals surface area (Å²) in [6, 6.07) is 66.8. The number of hydrogen-bond donors (Lipinski definition) is 0. The van der Waals surface area contributed by atoms with Crippen molar-refractivity contribution in [2.75, 3.05) is 0 Å². The van der Waals surface area contributed by atoms with Crippen LogP contribution in [0.4, 0.5) is 0 Å². The summed E-state index contributed by atoms with van der Waals surface area (Å²) >= 11 is 0. The van der Waals surface area contributed by atoms with E-state index in [1.165, 1.54) is 88.7 Å². The first-order valence-corrected chi connectivity index (χ1v) is 17.2. The van der Waals surface area contributed by atoms with Gasteiger partial charge < -0.3 is 0 Å². The molecule has 8 aromatic carbocycles. The van der Waals surface area contributed by atoms with E-state index in [2.05, 4.69) is 196 Å². The lowest BCUT2D eigenvalue weighted by molar-refractivity contribution is 0.661. The zero-order chi connectivity index (χ0) is 33.0. The summed E-state index contributed by atoms with van der Waals surface area (Å²) in [6.07, 6.45) is 0. The smallest absolute Gasteiger partial charge is 0.0159 e. The zero-order valence-electron chi connectivity index (χ0n) is 27.8. The maximum Gasteiger partial charge on any atom is 0.0159 e. The van der Waals surface area contributed by atoms with Crippen LogP contribution in [-0.2, 0) is 5.41 Å². The summed E-state index contributed by atoms with van der Waals surface area (Å²) in [6.45, 7) is 4.75. The number of fused-ring (bicyclic) bond motifs is 4. The summed E-state index contributed by atoms with van der Waals surface area (Å²) in [4.78, 5) is 0. The SMILES string of the molecule is CC1(C)c2cc(-c3ccc(-c4ccccc4-c4ccccc4-c4ccccc4)cc3)ccc2-c2ccc(-c3ccc4ccccc4c3)cc21. The Labute approximate surface area is 289 Å². The molecule has 232 valence electrons. The molecule has 1 aliphatic carbocycles. The van der Waals surface area contributed by atoms with Crippen molar-refractivity contribution in [3.8, 4) is 66.8 Å². The topological polar surface area (TPSA) is 0 Å². The van der Waals surface area contributed by atoms with Crippen LogP contribution in [0.3, 0.4) is 0 Å². The zero-order valence-corrected chi connectivity index (χ0v) is 27.8. The molecule has 0 heteroatoms. The van der Waals surface area contributed by atoms with E-state index < -0.39 is 0 Å². The first-order valence-electron chi connectivity index (χ1n) is 17.2. The van der Waals surface area contributed by atoms with Crippen LogP contribution >= 0.6 is 0 Å². The second kappa shape index (κ2) is 11.6. The normalized spacial score (nSPS) is 12.9. The minimum Gasteiger partial charge on any atom is -0.0622 e. The second-order valence-corrected chi connectivity index (χ2v) is 13.7. The molecule has 0 heterocycles. The van der Waals surface area contributed by atoms with Crippen molar-refractivity contribution in [3.05, 3.63) is 193 Å². The average molecular weight is 625 g/mol. The standard InChI is InChI=1S/C49H36/c1-49(2)47-31-39(26-28-45(47)46-29-27-40(32-48(46)49)38-25-22-33-12-6-7-15-37(33)30-38)34-20-23-36(24-21-34)42-17-9-11-19-44(42)43-18-10-8-16-41(43)35-13-4-3-5-14-35/h3-32H,1-2H3.